The van der Waals surface area contributed by atoms with Crippen LogP contribution in [0.15, 0.2) is 22.5 Å². The first-order valence-electron chi connectivity index (χ1n) is 7.48. The van der Waals surface area contributed by atoms with E-state index in [1.807, 2.05) is 4.90 Å². The third-order valence-electron chi connectivity index (χ3n) is 3.89. The number of amides is 1. The number of carbonyl (C=O) groups excluding carboxylic acids is 1. The second-order valence-electron chi connectivity index (χ2n) is 5.76. The maximum Gasteiger partial charge on any atom is 0.270 e. The van der Waals surface area contributed by atoms with E-state index in [2.05, 4.69) is 11.9 Å². The van der Waals surface area contributed by atoms with E-state index in [4.69, 9.17) is 0 Å². The number of nitro groups is 1. The van der Waals surface area contributed by atoms with Gasteiger partial charge in [0.15, 0.2) is 4.34 Å². The van der Waals surface area contributed by atoms with E-state index < -0.39 is 4.92 Å². The van der Waals surface area contributed by atoms with E-state index in [1.54, 1.807) is 6.07 Å². The molecule has 3 rings (SSSR count). The molecule has 1 atom stereocenters. The minimum absolute atomic E-state index is 0.0658. The summed E-state index contributed by atoms with van der Waals surface area (Å²) < 4.78 is 1.56. The summed E-state index contributed by atoms with van der Waals surface area (Å²) in [5.74, 6) is 1.08. The number of nitrogens with zero attached hydrogens (tertiary/aromatic N) is 3. The Bertz CT molecular complexity index is 747. The molecule has 0 aliphatic carbocycles. The van der Waals surface area contributed by atoms with E-state index in [9.17, 15) is 14.9 Å². The molecule has 23 heavy (non-hydrogen) atoms. The lowest BCUT2D eigenvalue weighted by Gasteiger charge is -2.30. The van der Waals surface area contributed by atoms with Gasteiger partial charge in [-0.05, 0) is 24.8 Å². The van der Waals surface area contributed by atoms with Gasteiger partial charge in [0.25, 0.3) is 5.69 Å². The highest BCUT2D eigenvalue weighted by molar-refractivity contribution is 8.01. The van der Waals surface area contributed by atoms with Crippen molar-refractivity contribution in [2.75, 3.05) is 18.8 Å². The second-order valence-corrected chi connectivity index (χ2v) is 8.02. The molecule has 1 aliphatic rings. The SMILES string of the molecule is C[C@H]1CCCN(C(=O)CSc2nc3ccc([N+](=O)[O-])cc3s2)C1. The van der Waals surface area contributed by atoms with Crippen LogP contribution in [0, 0.1) is 16.0 Å². The van der Waals surface area contributed by atoms with Gasteiger partial charge in [-0.1, -0.05) is 18.7 Å². The molecule has 1 saturated heterocycles. The fourth-order valence-corrected chi connectivity index (χ4v) is 4.70. The summed E-state index contributed by atoms with van der Waals surface area (Å²) in [5, 5.41) is 10.8. The van der Waals surface area contributed by atoms with Crippen molar-refractivity contribution in [3.63, 3.8) is 0 Å². The van der Waals surface area contributed by atoms with Gasteiger partial charge in [-0.15, -0.1) is 11.3 Å². The van der Waals surface area contributed by atoms with Gasteiger partial charge in [-0.3, -0.25) is 14.9 Å². The first-order valence-corrected chi connectivity index (χ1v) is 9.28. The van der Waals surface area contributed by atoms with Crippen LogP contribution in [0.1, 0.15) is 19.8 Å². The lowest BCUT2D eigenvalue weighted by Crippen LogP contribution is -2.40. The number of rotatable bonds is 4. The monoisotopic (exact) mass is 351 g/mol. The normalized spacial score (nSPS) is 18.3. The van der Waals surface area contributed by atoms with Crippen LogP contribution in [0.5, 0.6) is 0 Å². The summed E-state index contributed by atoms with van der Waals surface area (Å²) in [6.45, 7) is 3.86. The summed E-state index contributed by atoms with van der Waals surface area (Å²) in [6.07, 6.45) is 2.26. The van der Waals surface area contributed by atoms with Crippen LogP contribution in [0.3, 0.4) is 0 Å². The van der Waals surface area contributed by atoms with Gasteiger partial charge in [-0.25, -0.2) is 4.98 Å². The van der Waals surface area contributed by atoms with Crippen molar-refractivity contribution in [1.29, 1.82) is 0 Å². The Hall–Kier alpha value is -1.67. The predicted octanol–water partition coefficient (Wildman–Crippen LogP) is 3.56. The number of nitro benzene ring substituents is 1. The predicted molar refractivity (Wildman–Crippen MR) is 92.0 cm³/mol. The van der Waals surface area contributed by atoms with Gasteiger partial charge >= 0.3 is 0 Å². The van der Waals surface area contributed by atoms with E-state index >= 15 is 0 Å². The Kier molecular flexibility index (Phi) is 4.82. The topological polar surface area (TPSA) is 76.3 Å². The summed E-state index contributed by atoms with van der Waals surface area (Å²) in [7, 11) is 0. The number of hydrogen-bond donors (Lipinski definition) is 0. The van der Waals surface area contributed by atoms with Gasteiger partial charge in [0, 0.05) is 25.2 Å². The number of carbonyl (C=O) groups is 1. The van der Waals surface area contributed by atoms with E-state index in [0.29, 0.717) is 11.7 Å². The van der Waals surface area contributed by atoms with Crippen molar-refractivity contribution in [2.45, 2.75) is 24.1 Å². The fraction of sp³-hybridized carbons (Fsp3) is 0.467. The average molecular weight is 351 g/mol. The molecule has 8 heteroatoms. The van der Waals surface area contributed by atoms with Gasteiger partial charge in [0.2, 0.25) is 5.91 Å². The lowest BCUT2D eigenvalue weighted by atomic mass is 10.0. The first-order chi connectivity index (χ1) is 11.0. The number of hydrogen-bond acceptors (Lipinski definition) is 6. The summed E-state index contributed by atoms with van der Waals surface area (Å²) in [4.78, 5) is 29.0. The molecular weight excluding hydrogens is 334 g/mol. The number of piperidine rings is 1. The molecule has 1 aromatic carbocycles. The molecule has 0 bridgehead atoms. The number of non-ortho nitro benzene ring substituents is 1. The van der Waals surface area contributed by atoms with E-state index in [-0.39, 0.29) is 11.6 Å². The zero-order valence-corrected chi connectivity index (χ0v) is 14.4. The molecule has 0 radical (unpaired) electrons. The molecule has 1 fully saturated rings. The molecule has 122 valence electrons. The highest BCUT2D eigenvalue weighted by Crippen LogP contribution is 2.32. The van der Waals surface area contributed by atoms with Crippen molar-refractivity contribution < 1.29 is 9.72 Å². The van der Waals surface area contributed by atoms with Crippen molar-refractivity contribution in [3.05, 3.63) is 28.3 Å². The minimum atomic E-state index is -0.410. The Balaban J connectivity index is 1.65. The van der Waals surface area contributed by atoms with Crippen molar-refractivity contribution >= 4 is 44.9 Å². The lowest BCUT2D eigenvalue weighted by molar-refractivity contribution is -0.384. The number of aromatic nitrogens is 1. The maximum absolute atomic E-state index is 12.3. The smallest absolute Gasteiger partial charge is 0.270 e. The van der Waals surface area contributed by atoms with Crippen LogP contribution in [-0.2, 0) is 4.79 Å². The van der Waals surface area contributed by atoms with E-state index in [1.165, 1.54) is 41.7 Å². The molecular formula is C15H17N3O3S2. The largest absolute Gasteiger partial charge is 0.342 e. The van der Waals surface area contributed by atoms with Crippen LogP contribution >= 0.6 is 23.1 Å². The van der Waals surface area contributed by atoms with Crippen LogP contribution in [0.2, 0.25) is 0 Å². The van der Waals surface area contributed by atoms with Crippen molar-refractivity contribution in [3.8, 4) is 0 Å². The Labute approximate surface area is 142 Å². The number of benzene rings is 1. The molecule has 2 heterocycles. The molecule has 0 N–H and O–H groups in total. The molecule has 6 nitrogen and oxygen atoms in total. The van der Waals surface area contributed by atoms with Crippen molar-refractivity contribution in [1.82, 2.24) is 9.88 Å². The molecule has 1 amide bonds. The zero-order valence-electron chi connectivity index (χ0n) is 12.7. The van der Waals surface area contributed by atoms with Gasteiger partial charge in [0.05, 0.1) is 20.9 Å². The quantitative estimate of drug-likeness (QED) is 0.478. The summed E-state index contributed by atoms with van der Waals surface area (Å²) in [6, 6.07) is 4.64. The van der Waals surface area contributed by atoms with Crippen molar-refractivity contribution in [2.24, 2.45) is 5.92 Å². The minimum Gasteiger partial charge on any atom is -0.342 e. The van der Waals surface area contributed by atoms with E-state index in [0.717, 1.165) is 34.1 Å². The van der Waals surface area contributed by atoms with Crippen LogP contribution < -0.4 is 0 Å². The Morgan fingerprint density at radius 3 is 3.13 bits per heavy atom. The molecule has 1 aromatic heterocycles. The highest BCUT2D eigenvalue weighted by Gasteiger charge is 2.21. The summed E-state index contributed by atoms with van der Waals surface area (Å²) in [5.41, 5.74) is 0.804. The number of likely N-dealkylation sites (tertiary alicyclic amines) is 1. The number of thioether (sulfide) groups is 1. The standard InChI is InChI=1S/C15H17N3O3S2/c1-10-3-2-6-17(8-10)14(19)9-22-15-16-12-5-4-11(18(20)21)7-13(12)23-15/h4-5,7,10H,2-3,6,8-9H2,1H3/t10-/m0/s1. The molecule has 2 aromatic rings. The van der Waals surface area contributed by atoms with Gasteiger partial charge < -0.3 is 4.90 Å². The number of thiazole rings is 1. The van der Waals surface area contributed by atoms with Gasteiger partial charge in [0.1, 0.15) is 0 Å². The fourth-order valence-electron chi connectivity index (χ4n) is 2.70. The second kappa shape index (κ2) is 6.84. The third kappa shape index (κ3) is 3.81. The summed E-state index contributed by atoms with van der Waals surface area (Å²) >= 11 is 2.80. The highest BCUT2D eigenvalue weighted by atomic mass is 32.2. The molecule has 1 aliphatic heterocycles. The van der Waals surface area contributed by atoms with Crippen LogP contribution in [0.4, 0.5) is 5.69 Å². The third-order valence-corrected chi connectivity index (χ3v) is 6.04. The Morgan fingerprint density at radius 1 is 1.57 bits per heavy atom. The zero-order chi connectivity index (χ0) is 16.4. The average Bonchev–Trinajstić information content (AvgIpc) is 2.94. The Morgan fingerprint density at radius 2 is 2.39 bits per heavy atom. The number of fused-ring (bicyclic) bond motifs is 1. The molecule has 0 unspecified atom stereocenters. The van der Waals surface area contributed by atoms with Gasteiger partial charge in [-0.2, -0.15) is 0 Å². The molecule has 0 saturated carbocycles. The van der Waals surface area contributed by atoms with Crippen LogP contribution in [-0.4, -0.2) is 39.6 Å². The first kappa shape index (κ1) is 16.2. The van der Waals surface area contributed by atoms with Crippen LogP contribution in [0.25, 0.3) is 10.2 Å². The molecule has 0 spiro atoms. The maximum atomic E-state index is 12.3.